The summed E-state index contributed by atoms with van der Waals surface area (Å²) in [5.41, 5.74) is 3.11. The van der Waals surface area contributed by atoms with Crippen molar-refractivity contribution in [3.8, 4) is 0 Å². The molecule has 13 heavy (non-hydrogen) atoms. The number of thiazole rings is 1. The molecule has 0 amide bonds. The second-order valence-corrected chi connectivity index (χ2v) is 4.29. The third-order valence-electron chi connectivity index (χ3n) is 2.32. The van der Waals surface area contributed by atoms with Crippen molar-refractivity contribution in [3.05, 3.63) is 16.6 Å². The van der Waals surface area contributed by atoms with E-state index in [1.54, 1.807) is 11.3 Å². The van der Waals surface area contributed by atoms with Crippen LogP contribution >= 0.6 is 11.3 Å². The molecule has 0 unspecified atom stereocenters. The fraction of sp³-hybridized carbons (Fsp3) is 0.667. The summed E-state index contributed by atoms with van der Waals surface area (Å²) in [5.74, 6) is 0. The zero-order chi connectivity index (χ0) is 9.10. The quantitative estimate of drug-likeness (QED) is 0.764. The fourth-order valence-corrected chi connectivity index (χ4v) is 2.25. The van der Waals surface area contributed by atoms with Crippen LogP contribution in [0.25, 0.3) is 0 Å². The van der Waals surface area contributed by atoms with Gasteiger partial charge in [0.25, 0.3) is 0 Å². The van der Waals surface area contributed by atoms with E-state index in [0.29, 0.717) is 6.04 Å². The highest BCUT2D eigenvalue weighted by Gasteiger charge is 2.15. The molecule has 0 spiro atoms. The summed E-state index contributed by atoms with van der Waals surface area (Å²) in [6.45, 7) is 6.62. The van der Waals surface area contributed by atoms with Gasteiger partial charge in [-0.15, -0.1) is 11.3 Å². The van der Waals surface area contributed by atoms with Crippen molar-refractivity contribution in [3.63, 3.8) is 0 Å². The Kier molecular flexibility index (Phi) is 2.93. The highest BCUT2D eigenvalue weighted by molar-refractivity contribution is 7.07. The summed E-state index contributed by atoms with van der Waals surface area (Å²) in [6, 6.07) is 0.618. The first kappa shape index (κ1) is 9.12. The number of rotatable bonds is 2. The molecule has 1 aromatic rings. The molecule has 0 radical (unpaired) electrons. The minimum atomic E-state index is 0.618. The largest absolute Gasteiger partial charge is 0.312 e. The normalized spacial score (nSPS) is 24.8. The molecule has 0 aliphatic carbocycles. The molecule has 1 fully saturated rings. The molecule has 1 aliphatic rings. The van der Waals surface area contributed by atoms with Gasteiger partial charge in [-0.2, -0.15) is 0 Å². The van der Waals surface area contributed by atoms with E-state index in [0.717, 1.165) is 26.2 Å². The lowest BCUT2D eigenvalue weighted by Gasteiger charge is -2.31. The van der Waals surface area contributed by atoms with Gasteiger partial charge in [0.05, 0.1) is 11.2 Å². The van der Waals surface area contributed by atoms with Gasteiger partial charge in [-0.1, -0.05) is 0 Å². The van der Waals surface area contributed by atoms with Crippen molar-refractivity contribution in [2.45, 2.75) is 19.5 Å². The second-order valence-electron chi connectivity index (χ2n) is 3.57. The van der Waals surface area contributed by atoms with Crippen molar-refractivity contribution in [1.29, 1.82) is 0 Å². The first-order valence-corrected chi connectivity index (χ1v) is 5.61. The third kappa shape index (κ3) is 2.49. The van der Waals surface area contributed by atoms with Crippen LogP contribution in [0, 0.1) is 0 Å². The molecule has 2 rings (SSSR count). The summed E-state index contributed by atoms with van der Waals surface area (Å²) in [4.78, 5) is 6.75. The molecular formula is C9H15N3S. The van der Waals surface area contributed by atoms with Crippen LogP contribution in [-0.4, -0.2) is 35.6 Å². The Hall–Kier alpha value is -0.450. The lowest BCUT2D eigenvalue weighted by Crippen LogP contribution is -2.48. The fourth-order valence-electron chi connectivity index (χ4n) is 1.70. The van der Waals surface area contributed by atoms with Crippen molar-refractivity contribution >= 4 is 11.3 Å². The minimum absolute atomic E-state index is 0.618. The molecule has 2 heterocycles. The van der Waals surface area contributed by atoms with E-state index < -0.39 is 0 Å². The Morgan fingerprint density at radius 2 is 2.69 bits per heavy atom. The van der Waals surface area contributed by atoms with Gasteiger partial charge in [-0.25, -0.2) is 4.98 Å². The number of hydrogen-bond donors (Lipinski definition) is 1. The molecule has 1 aromatic heterocycles. The van der Waals surface area contributed by atoms with Gasteiger partial charge in [0.2, 0.25) is 0 Å². The highest BCUT2D eigenvalue weighted by atomic mass is 32.1. The van der Waals surface area contributed by atoms with Gasteiger partial charge in [0.15, 0.2) is 0 Å². The number of nitrogens with one attached hydrogen (secondary N) is 1. The van der Waals surface area contributed by atoms with E-state index in [4.69, 9.17) is 0 Å². The van der Waals surface area contributed by atoms with Crippen LogP contribution < -0.4 is 5.32 Å². The molecule has 72 valence electrons. The molecular weight excluding hydrogens is 182 g/mol. The van der Waals surface area contributed by atoms with Gasteiger partial charge in [-0.3, -0.25) is 4.90 Å². The van der Waals surface area contributed by atoms with E-state index in [1.165, 1.54) is 5.69 Å². The zero-order valence-electron chi connectivity index (χ0n) is 7.86. The molecule has 1 atom stereocenters. The maximum absolute atomic E-state index is 4.29. The summed E-state index contributed by atoms with van der Waals surface area (Å²) in [6.07, 6.45) is 0. The van der Waals surface area contributed by atoms with Gasteiger partial charge in [0.1, 0.15) is 0 Å². The molecule has 0 aromatic carbocycles. The second kappa shape index (κ2) is 4.17. The molecule has 1 N–H and O–H groups in total. The summed E-state index contributed by atoms with van der Waals surface area (Å²) >= 11 is 1.68. The van der Waals surface area contributed by atoms with Crippen LogP contribution in [0.4, 0.5) is 0 Å². The Labute approximate surface area is 82.8 Å². The average molecular weight is 197 g/mol. The smallest absolute Gasteiger partial charge is 0.0795 e. The Morgan fingerprint density at radius 3 is 3.38 bits per heavy atom. The van der Waals surface area contributed by atoms with Crippen LogP contribution in [0.1, 0.15) is 12.6 Å². The summed E-state index contributed by atoms with van der Waals surface area (Å²) in [5, 5.41) is 5.56. The van der Waals surface area contributed by atoms with Gasteiger partial charge >= 0.3 is 0 Å². The lowest BCUT2D eigenvalue weighted by atomic mass is 10.2. The molecule has 4 heteroatoms. The van der Waals surface area contributed by atoms with E-state index in [2.05, 4.69) is 27.5 Å². The molecule has 0 saturated carbocycles. The number of piperazine rings is 1. The van der Waals surface area contributed by atoms with Gasteiger partial charge < -0.3 is 5.32 Å². The molecule has 3 nitrogen and oxygen atoms in total. The molecule has 1 aliphatic heterocycles. The Morgan fingerprint density at radius 1 is 1.77 bits per heavy atom. The summed E-state index contributed by atoms with van der Waals surface area (Å²) < 4.78 is 0. The molecule has 1 saturated heterocycles. The van der Waals surface area contributed by atoms with Crippen LogP contribution in [0.2, 0.25) is 0 Å². The standard InChI is InChI=1S/C9H15N3S/c1-8-4-12(3-2-10-8)5-9-6-13-7-11-9/h6-8,10H,2-5H2,1H3/t8-/m0/s1. The maximum Gasteiger partial charge on any atom is 0.0795 e. The number of nitrogens with zero attached hydrogens (tertiary/aromatic N) is 2. The average Bonchev–Trinajstić information content (AvgIpc) is 2.57. The maximum atomic E-state index is 4.29. The number of hydrogen-bond acceptors (Lipinski definition) is 4. The first-order valence-electron chi connectivity index (χ1n) is 4.67. The lowest BCUT2D eigenvalue weighted by molar-refractivity contribution is 0.198. The van der Waals surface area contributed by atoms with E-state index in [9.17, 15) is 0 Å². The van der Waals surface area contributed by atoms with Crippen LogP contribution in [0.3, 0.4) is 0 Å². The monoisotopic (exact) mass is 197 g/mol. The van der Waals surface area contributed by atoms with Crippen molar-refractivity contribution in [2.75, 3.05) is 19.6 Å². The van der Waals surface area contributed by atoms with Crippen molar-refractivity contribution < 1.29 is 0 Å². The van der Waals surface area contributed by atoms with Crippen LogP contribution in [-0.2, 0) is 6.54 Å². The third-order valence-corrected chi connectivity index (χ3v) is 2.96. The zero-order valence-corrected chi connectivity index (χ0v) is 8.68. The predicted molar refractivity (Wildman–Crippen MR) is 54.9 cm³/mol. The van der Waals surface area contributed by atoms with E-state index in [1.807, 2.05) is 5.51 Å². The van der Waals surface area contributed by atoms with Crippen LogP contribution in [0.15, 0.2) is 10.9 Å². The Bertz CT molecular complexity index is 247. The van der Waals surface area contributed by atoms with E-state index in [-0.39, 0.29) is 0 Å². The minimum Gasteiger partial charge on any atom is -0.312 e. The SMILES string of the molecule is C[C@H]1CN(Cc2cscn2)CCN1. The highest BCUT2D eigenvalue weighted by Crippen LogP contribution is 2.07. The number of aromatic nitrogens is 1. The van der Waals surface area contributed by atoms with Crippen molar-refractivity contribution in [1.82, 2.24) is 15.2 Å². The predicted octanol–water partition coefficient (Wildman–Crippen LogP) is 0.937. The topological polar surface area (TPSA) is 28.2 Å². The van der Waals surface area contributed by atoms with Crippen molar-refractivity contribution in [2.24, 2.45) is 0 Å². The molecule has 0 bridgehead atoms. The van der Waals surface area contributed by atoms with Gasteiger partial charge in [0, 0.05) is 37.6 Å². The Balaban J connectivity index is 1.87. The van der Waals surface area contributed by atoms with E-state index >= 15 is 0 Å². The van der Waals surface area contributed by atoms with Crippen LogP contribution in [0.5, 0.6) is 0 Å². The summed E-state index contributed by atoms with van der Waals surface area (Å²) in [7, 11) is 0. The first-order chi connectivity index (χ1) is 6.34. The van der Waals surface area contributed by atoms with Gasteiger partial charge in [-0.05, 0) is 6.92 Å².